The Hall–Kier alpha value is -3.09. The fourth-order valence-corrected chi connectivity index (χ4v) is 4.25. The molecule has 3 aromatic carbocycles. The van der Waals surface area contributed by atoms with Crippen LogP contribution in [0.4, 0.5) is 5.69 Å². The van der Waals surface area contributed by atoms with Crippen molar-refractivity contribution < 1.29 is 4.79 Å². The zero-order chi connectivity index (χ0) is 21.8. The number of carbonyl (C=O) groups is 1. The van der Waals surface area contributed by atoms with Crippen LogP contribution in [0.15, 0.2) is 88.8 Å². The fourth-order valence-electron chi connectivity index (χ4n) is 3.15. The van der Waals surface area contributed by atoms with Crippen molar-refractivity contribution in [2.24, 2.45) is 0 Å². The third-order valence-electron chi connectivity index (χ3n) is 4.81. The Balaban J connectivity index is 1.69. The molecular weight excluding hydrogens is 430 g/mol. The van der Waals surface area contributed by atoms with E-state index in [0.717, 1.165) is 11.3 Å². The summed E-state index contributed by atoms with van der Waals surface area (Å²) in [5.74, 6) is -0.164. The number of nitrogens with zero attached hydrogens (tertiary/aromatic N) is 2. The number of carbonyl (C=O) groups excluding carboxylic acids is 1. The van der Waals surface area contributed by atoms with Gasteiger partial charge in [-0.2, -0.15) is 0 Å². The molecule has 0 spiro atoms. The van der Waals surface area contributed by atoms with Crippen molar-refractivity contribution in [1.82, 2.24) is 9.55 Å². The van der Waals surface area contributed by atoms with Gasteiger partial charge in [0, 0.05) is 10.7 Å². The first-order valence-electron chi connectivity index (χ1n) is 9.78. The highest BCUT2D eigenvalue weighted by Crippen LogP contribution is 2.25. The summed E-state index contributed by atoms with van der Waals surface area (Å²) in [6.45, 7) is 2.07. The minimum absolute atomic E-state index is 0.163. The first kappa shape index (κ1) is 21.2. The average molecular weight is 450 g/mol. The third kappa shape index (κ3) is 4.81. The van der Waals surface area contributed by atoms with Crippen molar-refractivity contribution >= 4 is 45.9 Å². The monoisotopic (exact) mass is 449 g/mol. The molecule has 4 rings (SSSR count). The molecule has 1 N–H and O–H groups in total. The van der Waals surface area contributed by atoms with Gasteiger partial charge in [-0.15, -0.1) is 0 Å². The molecule has 156 valence electrons. The lowest BCUT2D eigenvalue weighted by Crippen LogP contribution is -2.27. The van der Waals surface area contributed by atoms with E-state index in [4.69, 9.17) is 16.6 Å². The summed E-state index contributed by atoms with van der Waals surface area (Å²) in [6, 6.07) is 23.9. The van der Waals surface area contributed by atoms with Crippen molar-refractivity contribution in [3.63, 3.8) is 0 Å². The van der Waals surface area contributed by atoms with E-state index in [2.05, 4.69) is 5.32 Å². The van der Waals surface area contributed by atoms with Gasteiger partial charge in [-0.3, -0.25) is 14.2 Å². The lowest BCUT2D eigenvalue weighted by atomic mass is 10.2. The Morgan fingerprint density at radius 3 is 2.48 bits per heavy atom. The number of fused-ring (bicyclic) bond motifs is 1. The summed E-state index contributed by atoms with van der Waals surface area (Å²) in [7, 11) is 0. The van der Waals surface area contributed by atoms with Crippen molar-refractivity contribution in [2.45, 2.75) is 23.9 Å². The molecule has 1 atom stereocenters. The number of halogens is 1. The second-order valence-corrected chi connectivity index (χ2v) is 8.72. The molecule has 7 heteroatoms. The van der Waals surface area contributed by atoms with E-state index < -0.39 is 5.25 Å². The van der Waals surface area contributed by atoms with Gasteiger partial charge in [-0.1, -0.05) is 71.9 Å². The van der Waals surface area contributed by atoms with Crippen molar-refractivity contribution in [1.29, 1.82) is 0 Å². The molecule has 0 fully saturated rings. The molecule has 0 aliphatic rings. The molecule has 0 aliphatic carbocycles. The van der Waals surface area contributed by atoms with Crippen LogP contribution in [0.3, 0.4) is 0 Å². The second kappa shape index (κ2) is 9.37. The first-order chi connectivity index (χ1) is 15.0. The Labute approximate surface area is 189 Å². The number of rotatable bonds is 6. The van der Waals surface area contributed by atoms with Crippen molar-refractivity contribution in [3.05, 3.63) is 99.8 Å². The molecule has 1 aromatic heterocycles. The molecule has 0 saturated heterocycles. The maximum Gasteiger partial charge on any atom is 0.262 e. The van der Waals surface area contributed by atoms with Gasteiger partial charge in [-0.05, 0) is 42.8 Å². The molecule has 1 heterocycles. The summed E-state index contributed by atoms with van der Waals surface area (Å²) in [5.41, 5.74) is 1.97. The highest BCUT2D eigenvalue weighted by Gasteiger charge is 2.20. The number of benzene rings is 3. The molecule has 0 radical (unpaired) electrons. The maximum absolute atomic E-state index is 13.3. The van der Waals surface area contributed by atoms with Gasteiger partial charge in [0.05, 0.1) is 22.7 Å². The molecule has 5 nitrogen and oxygen atoms in total. The summed E-state index contributed by atoms with van der Waals surface area (Å²) in [4.78, 5) is 30.7. The number of hydrogen-bond donors (Lipinski definition) is 1. The topological polar surface area (TPSA) is 64.0 Å². The standard InChI is InChI=1S/C24H20ClN3O2S/c1-16(22(29)26-18-10-3-2-4-11-18)31-24-27-21-14-8-6-12-19(21)23(30)28(24)15-17-9-5-7-13-20(17)25/h2-14,16H,15H2,1H3,(H,26,29). The van der Waals surface area contributed by atoms with Crippen LogP contribution >= 0.6 is 23.4 Å². The van der Waals surface area contributed by atoms with Crippen molar-refractivity contribution in [3.8, 4) is 0 Å². The van der Waals surface area contributed by atoms with Gasteiger partial charge in [0.15, 0.2) is 5.16 Å². The predicted octanol–water partition coefficient (Wildman–Crippen LogP) is 5.22. The molecule has 1 unspecified atom stereocenters. The number of anilines is 1. The number of hydrogen-bond acceptors (Lipinski definition) is 4. The Morgan fingerprint density at radius 2 is 1.71 bits per heavy atom. The molecule has 0 aliphatic heterocycles. The number of aromatic nitrogens is 2. The van der Waals surface area contributed by atoms with Gasteiger partial charge in [0.25, 0.3) is 5.56 Å². The quantitative estimate of drug-likeness (QED) is 0.324. The highest BCUT2D eigenvalue weighted by atomic mass is 35.5. The summed E-state index contributed by atoms with van der Waals surface area (Å²) < 4.78 is 1.58. The minimum Gasteiger partial charge on any atom is -0.325 e. The maximum atomic E-state index is 13.3. The zero-order valence-corrected chi connectivity index (χ0v) is 18.4. The van der Waals surface area contributed by atoms with Crippen LogP contribution in [-0.2, 0) is 11.3 Å². The molecule has 1 amide bonds. The summed E-state index contributed by atoms with van der Waals surface area (Å²) in [6.07, 6.45) is 0. The van der Waals surface area contributed by atoms with E-state index in [1.165, 1.54) is 11.8 Å². The minimum atomic E-state index is -0.467. The predicted molar refractivity (Wildman–Crippen MR) is 127 cm³/mol. The van der Waals surface area contributed by atoms with Crippen LogP contribution in [0.25, 0.3) is 10.9 Å². The van der Waals surface area contributed by atoms with E-state index in [1.54, 1.807) is 29.7 Å². The number of amides is 1. The normalized spacial score (nSPS) is 11.9. The number of thioether (sulfide) groups is 1. The van der Waals surface area contributed by atoms with Gasteiger partial charge in [0.2, 0.25) is 5.91 Å². The number of para-hydroxylation sites is 2. The molecule has 4 aromatic rings. The van der Waals surface area contributed by atoms with Crippen LogP contribution in [0.5, 0.6) is 0 Å². The largest absolute Gasteiger partial charge is 0.325 e. The third-order valence-corrected chi connectivity index (χ3v) is 6.26. The second-order valence-electron chi connectivity index (χ2n) is 7.01. The Morgan fingerprint density at radius 1 is 1.03 bits per heavy atom. The van der Waals surface area contributed by atoms with E-state index in [1.807, 2.05) is 60.7 Å². The van der Waals surface area contributed by atoms with E-state index in [0.29, 0.717) is 21.1 Å². The van der Waals surface area contributed by atoms with Gasteiger partial charge >= 0.3 is 0 Å². The highest BCUT2D eigenvalue weighted by molar-refractivity contribution is 8.00. The van der Waals surface area contributed by atoms with Crippen LogP contribution in [0, 0.1) is 0 Å². The molecule has 0 bridgehead atoms. The van der Waals surface area contributed by atoms with Gasteiger partial charge in [-0.25, -0.2) is 4.98 Å². The summed E-state index contributed by atoms with van der Waals surface area (Å²) >= 11 is 7.59. The van der Waals surface area contributed by atoms with Gasteiger partial charge < -0.3 is 5.32 Å². The lowest BCUT2D eigenvalue weighted by molar-refractivity contribution is -0.115. The molecular formula is C24H20ClN3O2S. The van der Waals surface area contributed by atoms with Crippen LogP contribution in [-0.4, -0.2) is 20.7 Å². The van der Waals surface area contributed by atoms with Crippen LogP contribution in [0.1, 0.15) is 12.5 Å². The Bertz CT molecular complexity index is 1290. The smallest absolute Gasteiger partial charge is 0.262 e. The fraction of sp³-hybridized carbons (Fsp3) is 0.125. The lowest BCUT2D eigenvalue weighted by Gasteiger charge is -2.17. The molecule has 0 saturated carbocycles. The van der Waals surface area contributed by atoms with Gasteiger partial charge in [0.1, 0.15) is 0 Å². The van der Waals surface area contributed by atoms with Crippen molar-refractivity contribution in [2.75, 3.05) is 5.32 Å². The summed E-state index contributed by atoms with van der Waals surface area (Å²) in [5, 5.41) is 4.01. The van der Waals surface area contributed by atoms with E-state index in [9.17, 15) is 9.59 Å². The average Bonchev–Trinajstić information content (AvgIpc) is 2.78. The van der Waals surface area contributed by atoms with Crippen LogP contribution in [0.2, 0.25) is 5.02 Å². The van der Waals surface area contributed by atoms with E-state index in [-0.39, 0.29) is 18.0 Å². The van der Waals surface area contributed by atoms with Crippen LogP contribution < -0.4 is 10.9 Å². The first-order valence-corrected chi connectivity index (χ1v) is 11.0. The molecule has 31 heavy (non-hydrogen) atoms. The number of nitrogens with one attached hydrogen (secondary N) is 1. The van der Waals surface area contributed by atoms with E-state index >= 15 is 0 Å². The SMILES string of the molecule is CC(Sc1nc2ccccc2c(=O)n1Cc1ccccc1Cl)C(=O)Nc1ccccc1. The Kier molecular flexibility index (Phi) is 6.39. The zero-order valence-electron chi connectivity index (χ0n) is 16.8.